The number of hydrogen-bond acceptors (Lipinski definition) is 3. The van der Waals surface area contributed by atoms with E-state index in [1.54, 1.807) is 18.9 Å². The predicted molar refractivity (Wildman–Crippen MR) is 95.1 cm³/mol. The van der Waals surface area contributed by atoms with Crippen LogP contribution in [-0.2, 0) is 0 Å². The first kappa shape index (κ1) is 15.7. The molecule has 3 rings (SSSR count). The van der Waals surface area contributed by atoms with Crippen molar-refractivity contribution in [3.05, 3.63) is 59.7 Å². The number of nitrogens with zero attached hydrogens (tertiary/aromatic N) is 1. The van der Waals surface area contributed by atoms with Crippen molar-refractivity contribution in [2.24, 2.45) is 0 Å². The topological polar surface area (TPSA) is 41.6 Å². The predicted octanol–water partition coefficient (Wildman–Crippen LogP) is 4.28. The normalized spacial score (nSPS) is 17.1. The molecule has 1 fully saturated rings. The number of nitrogens with one attached hydrogen (secondary N) is 1. The Morgan fingerprint density at radius 2 is 1.87 bits per heavy atom. The summed E-state index contributed by atoms with van der Waals surface area (Å²) in [5.41, 5.74) is 3.17. The fraction of sp³-hybridized carbons (Fsp3) is 0.278. The van der Waals surface area contributed by atoms with Crippen molar-refractivity contribution >= 4 is 23.5 Å². The molecule has 1 unspecified atom stereocenters. The maximum atomic E-state index is 12.6. The minimum absolute atomic E-state index is 0.0641. The van der Waals surface area contributed by atoms with Gasteiger partial charge in [0, 0.05) is 18.0 Å². The van der Waals surface area contributed by atoms with E-state index in [9.17, 15) is 4.79 Å². The number of ether oxygens (including phenoxy) is 1. The van der Waals surface area contributed by atoms with Gasteiger partial charge in [-0.25, -0.2) is 4.79 Å². The molecule has 1 aliphatic heterocycles. The van der Waals surface area contributed by atoms with Crippen LogP contribution in [0.2, 0.25) is 0 Å². The molecule has 120 valence electrons. The number of carbonyl (C=O) groups is 1. The quantitative estimate of drug-likeness (QED) is 0.914. The summed E-state index contributed by atoms with van der Waals surface area (Å²) in [6.45, 7) is 2.82. The Hall–Kier alpha value is -2.14. The summed E-state index contributed by atoms with van der Waals surface area (Å²) < 4.78 is 5.13. The fourth-order valence-electron chi connectivity index (χ4n) is 2.55. The standard InChI is InChI=1S/C18H20N2O2S/c1-13-3-5-14(6-4-13)17-20(11-12-23-17)18(21)19-15-7-9-16(22-2)10-8-15/h3-10,17H,11-12H2,1-2H3,(H,19,21). The minimum Gasteiger partial charge on any atom is -0.497 e. The average Bonchev–Trinajstić information content (AvgIpc) is 3.06. The lowest BCUT2D eigenvalue weighted by Crippen LogP contribution is -2.34. The van der Waals surface area contributed by atoms with Crippen molar-refractivity contribution < 1.29 is 9.53 Å². The maximum absolute atomic E-state index is 12.6. The van der Waals surface area contributed by atoms with Crippen LogP contribution in [0.15, 0.2) is 48.5 Å². The van der Waals surface area contributed by atoms with E-state index in [0.717, 1.165) is 23.7 Å². The van der Waals surface area contributed by atoms with E-state index in [0.29, 0.717) is 0 Å². The minimum atomic E-state index is -0.0641. The largest absolute Gasteiger partial charge is 0.497 e. The number of benzene rings is 2. The zero-order chi connectivity index (χ0) is 16.2. The third-order valence-corrected chi connectivity index (χ3v) is 5.12. The van der Waals surface area contributed by atoms with Crippen molar-refractivity contribution in [1.82, 2.24) is 4.90 Å². The second kappa shape index (κ2) is 6.96. The van der Waals surface area contributed by atoms with Crippen molar-refractivity contribution in [3.63, 3.8) is 0 Å². The van der Waals surface area contributed by atoms with Crippen molar-refractivity contribution in [2.75, 3.05) is 24.7 Å². The first-order chi connectivity index (χ1) is 11.2. The van der Waals surface area contributed by atoms with E-state index in [2.05, 4.69) is 36.5 Å². The number of aryl methyl sites for hydroxylation is 1. The Bertz CT molecular complexity index is 670. The molecular weight excluding hydrogens is 308 g/mol. The summed E-state index contributed by atoms with van der Waals surface area (Å²) in [5, 5.41) is 3.04. The van der Waals surface area contributed by atoms with Crippen LogP contribution in [0.4, 0.5) is 10.5 Å². The van der Waals surface area contributed by atoms with E-state index in [-0.39, 0.29) is 11.4 Å². The van der Waals surface area contributed by atoms with Gasteiger partial charge in [0.15, 0.2) is 0 Å². The second-order valence-electron chi connectivity index (χ2n) is 5.49. The highest BCUT2D eigenvalue weighted by molar-refractivity contribution is 7.99. The van der Waals surface area contributed by atoms with Crippen LogP contribution < -0.4 is 10.1 Å². The van der Waals surface area contributed by atoms with Crippen molar-refractivity contribution in [3.8, 4) is 5.75 Å². The monoisotopic (exact) mass is 328 g/mol. The highest BCUT2D eigenvalue weighted by atomic mass is 32.2. The maximum Gasteiger partial charge on any atom is 0.323 e. The molecule has 0 saturated carbocycles. The number of amides is 2. The second-order valence-corrected chi connectivity index (χ2v) is 6.67. The SMILES string of the molecule is COc1ccc(NC(=O)N2CCSC2c2ccc(C)cc2)cc1. The van der Waals surface area contributed by atoms with E-state index >= 15 is 0 Å². The summed E-state index contributed by atoms with van der Waals surface area (Å²) in [7, 11) is 1.63. The number of thioether (sulfide) groups is 1. The van der Waals surface area contributed by atoms with Crippen LogP contribution in [0, 0.1) is 6.92 Å². The summed E-state index contributed by atoms with van der Waals surface area (Å²) in [6, 6.07) is 15.7. The Balaban J connectivity index is 1.71. The number of hydrogen-bond donors (Lipinski definition) is 1. The van der Waals surface area contributed by atoms with E-state index in [1.165, 1.54) is 11.1 Å². The molecule has 5 heteroatoms. The molecule has 0 bridgehead atoms. The van der Waals surface area contributed by atoms with Crippen LogP contribution in [-0.4, -0.2) is 30.3 Å². The van der Waals surface area contributed by atoms with Gasteiger partial charge in [-0.2, -0.15) is 0 Å². The number of carbonyl (C=O) groups excluding carboxylic acids is 1. The highest BCUT2D eigenvalue weighted by Crippen LogP contribution is 2.38. The molecule has 23 heavy (non-hydrogen) atoms. The van der Waals surface area contributed by atoms with Crippen molar-refractivity contribution in [2.45, 2.75) is 12.3 Å². The molecule has 1 atom stereocenters. The number of rotatable bonds is 3. The summed E-state index contributed by atoms with van der Waals surface area (Å²) in [6.07, 6.45) is 0. The zero-order valence-electron chi connectivity index (χ0n) is 13.3. The zero-order valence-corrected chi connectivity index (χ0v) is 14.1. The lowest BCUT2D eigenvalue weighted by molar-refractivity contribution is 0.214. The lowest BCUT2D eigenvalue weighted by Gasteiger charge is -2.24. The van der Waals surface area contributed by atoms with Crippen LogP contribution in [0.5, 0.6) is 5.75 Å². The molecule has 0 aliphatic carbocycles. The van der Waals surface area contributed by atoms with E-state index in [4.69, 9.17) is 4.74 Å². The van der Waals surface area contributed by atoms with Crippen molar-refractivity contribution in [1.29, 1.82) is 0 Å². The molecule has 2 aromatic rings. The summed E-state index contributed by atoms with van der Waals surface area (Å²) in [4.78, 5) is 14.5. The molecule has 2 aromatic carbocycles. The molecule has 1 saturated heterocycles. The van der Waals surface area contributed by atoms with Gasteiger partial charge in [0.2, 0.25) is 0 Å². The third-order valence-electron chi connectivity index (χ3n) is 3.86. The third kappa shape index (κ3) is 3.62. The highest BCUT2D eigenvalue weighted by Gasteiger charge is 2.30. The summed E-state index contributed by atoms with van der Waals surface area (Å²) >= 11 is 1.80. The van der Waals surface area contributed by atoms with E-state index in [1.807, 2.05) is 29.2 Å². The van der Waals surface area contributed by atoms with E-state index < -0.39 is 0 Å². The van der Waals surface area contributed by atoms with Gasteiger partial charge in [0.1, 0.15) is 11.1 Å². The molecule has 0 radical (unpaired) electrons. The number of anilines is 1. The average molecular weight is 328 g/mol. The Morgan fingerprint density at radius 3 is 2.52 bits per heavy atom. The molecule has 0 aromatic heterocycles. The van der Waals surface area contributed by atoms with Gasteiger partial charge in [-0.05, 0) is 36.8 Å². The molecule has 1 N–H and O–H groups in total. The number of methoxy groups -OCH3 is 1. The summed E-state index contributed by atoms with van der Waals surface area (Å²) in [5.74, 6) is 1.73. The van der Waals surface area contributed by atoms with Gasteiger partial charge in [0.05, 0.1) is 7.11 Å². The Labute approximate surface area is 140 Å². The molecule has 2 amide bonds. The van der Waals surface area contributed by atoms with Gasteiger partial charge in [0.25, 0.3) is 0 Å². The first-order valence-corrected chi connectivity index (χ1v) is 8.62. The van der Waals surface area contributed by atoms with Gasteiger partial charge < -0.3 is 15.0 Å². The lowest BCUT2D eigenvalue weighted by atomic mass is 10.1. The van der Waals surface area contributed by atoms with Crippen LogP contribution in [0.1, 0.15) is 16.5 Å². The molecule has 0 spiro atoms. The molecular formula is C18H20N2O2S. The van der Waals surface area contributed by atoms with Gasteiger partial charge >= 0.3 is 6.03 Å². The Morgan fingerprint density at radius 1 is 1.17 bits per heavy atom. The number of urea groups is 1. The molecule has 4 nitrogen and oxygen atoms in total. The van der Waals surface area contributed by atoms with Gasteiger partial charge in [-0.15, -0.1) is 11.8 Å². The molecule has 1 aliphatic rings. The van der Waals surface area contributed by atoms with Crippen LogP contribution in [0.25, 0.3) is 0 Å². The molecule has 1 heterocycles. The van der Waals surface area contributed by atoms with Crippen LogP contribution in [0.3, 0.4) is 0 Å². The van der Waals surface area contributed by atoms with Gasteiger partial charge in [-0.1, -0.05) is 29.8 Å². The first-order valence-electron chi connectivity index (χ1n) is 7.57. The van der Waals surface area contributed by atoms with Crippen LogP contribution >= 0.6 is 11.8 Å². The fourth-order valence-corrected chi connectivity index (χ4v) is 3.81. The smallest absolute Gasteiger partial charge is 0.323 e. The Kier molecular flexibility index (Phi) is 4.76. The van der Waals surface area contributed by atoms with Gasteiger partial charge in [-0.3, -0.25) is 0 Å².